The maximum absolute atomic E-state index is 11.2. The number of fused-ring (bicyclic) bond motifs is 1. The zero-order chi connectivity index (χ0) is 16.7. The van der Waals surface area contributed by atoms with Gasteiger partial charge in [-0.25, -0.2) is 4.98 Å². The summed E-state index contributed by atoms with van der Waals surface area (Å²) in [5.74, 6) is -0.323. The third-order valence-corrected chi connectivity index (χ3v) is 4.83. The number of carbonyl (C=O) groups is 1. The number of nitrogens with zero attached hydrogens (tertiary/aromatic N) is 2. The summed E-state index contributed by atoms with van der Waals surface area (Å²) in [6, 6.07) is 13.6. The number of hydrogen-bond acceptors (Lipinski definition) is 3. The third-order valence-electron chi connectivity index (χ3n) is 4.50. The highest BCUT2D eigenvalue weighted by Gasteiger charge is 2.28. The number of aliphatic carboxylic acids is 1. The molecule has 5 nitrogen and oxygen atoms in total. The van der Waals surface area contributed by atoms with Gasteiger partial charge in [0.15, 0.2) is 0 Å². The van der Waals surface area contributed by atoms with Crippen molar-refractivity contribution in [2.24, 2.45) is 5.92 Å². The molecule has 0 saturated carbocycles. The number of imidazole rings is 1. The number of nitrogens with one attached hydrogen (secondary N) is 1. The zero-order valence-electron chi connectivity index (χ0n) is 12.9. The summed E-state index contributed by atoms with van der Waals surface area (Å²) < 4.78 is 0. The Kier molecular flexibility index (Phi) is 3.65. The molecule has 1 aliphatic heterocycles. The van der Waals surface area contributed by atoms with Gasteiger partial charge in [-0.2, -0.15) is 0 Å². The van der Waals surface area contributed by atoms with Gasteiger partial charge in [0.2, 0.25) is 0 Å². The standard InChI is InChI=1S/C18H16ClN3O2/c19-14-6-5-12(22-8-7-11(10-22)18(23)24)9-13(14)17-20-15-3-1-2-4-16(15)21-17/h1-6,9,11H,7-8,10H2,(H,20,21)(H,23,24). The Morgan fingerprint density at radius 1 is 1.29 bits per heavy atom. The average Bonchev–Trinajstić information content (AvgIpc) is 3.22. The van der Waals surface area contributed by atoms with Crippen LogP contribution >= 0.6 is 11.6 Å². The van der Waals surface area contributed by atoms with Crippen molar-refractivity contribution in [3.05, 3.63) is 47.5 Å². The van der Waals surface area contributed by atoms with Crippen LogP contribution in [0, 0.1) is 5.92 Å². The molecule has 0 spiro atoms. The number of anilines is 1. The molecule has 0 radical (unpaired) electrons. The van der Waals surface area contributed by atoms with Gasteiger partial charge in [-0.15, -0.1) is 0 Å². The summed E-state index contributed by atoms with van der Waals surface area (Å²) in [5, 5.41) is 9.79. The molecule has 1 aliphatic rings. The van der Waals surface area contributed by atoms with Crippen LogP contribution in [0.4, 0.5) is 5.69 Å². The zero-order valence-corrected chi connectivity index (χ0v) is 13.6. The van der Waals surface area contributed by atoms with Crippen molar-refractivity contribution >= 4 is 34.3 Å². The number of carboxylic acids is 1. The summed E-state index contributed by atoms with van der Waals surface area (Å²) >= 11 is 6.37. The molecule has 0 bridgehead atoms. The normalized spacial score (nSPS) is 17.5. The maximum Gasteiger partial charge on any atom is 0.308 e. The second-order valence-corrected chi connectivity index (χ2v) is 6.44. The van der Waals surface area contributed by atoms with Crippen LogP contribution < -0.4 is 4.90 Å². The van der Waals surface area contributed by atoms with Gasteiger partial charge in [0.25, 0.3) is 0 Å². The Morgan fingerprint density at radius 2 is 2.12 bits per heavy atom. The number of benzene rings is 2. The summed E-state index contributed by atoms with van der Waals surface area (Å²) in [7, 11) is 0. The van der Waals surface area contributed by atoms with Gasteiger partial charge >= 0.3 is 5.97 Å². The summed E-state index contributed by atoms with van der Waals surface area (Å²) in [6.07, 6.45) is 0.665. The van der Waals surface area contributed by atoms with E-state index in [0.29, 0.717) is 18.0 Å². The van der Waals surface area contributed by atoms with E-state index in [0.717, 1.165) is 34.7 Å². The highest BCUT2D eigenvalue weighted by atomic mass is 35.5. The average molecular weight is 342 g/mol. The van der Waals surface area contributed by atoms with Gasteiger partial charge < -0.3 is 15.0 Å². The maximum atomic E-state index is 11.2. The molecule has 2 N–H and O–H groups in total. The molecule has 0 amide bonds. The van der Waals surface area contributed by atoms with E-state index in [1.165, 1.54) is 0 Å². The Balaban J connectivity index is 1.70. The smallest absolute Gasteiger partial charge is 0.308 e. The van der Waals surface area contributed by atoms with Crippen molar-refractivity contribution in [2.45, 2.75) is 6.42 Å². The minimum atomic E-state index is -0.732. The molecular formula is C18H16ClN3O2. The number of para-hydroxylation sites is 2. The van der Waals surface area contributed by atoms with E-state index in [1.54, 1.807) is 0 Å². The van der Waals surface area contributed by atoms with E-state index in [-0.39, 0.29) is 5.92 Å². The third kappa shape index (κ3) is 2.61. The highest BCUT2D eigenvalue weighted by Crippen LogP contribution is 2.33. The topological polar surface area (TPSA) is 69.2 Å². The number of hydrogen-bond donors (Lipinski definition) is 2. The summed E-state index contributed by atoms with van der Waals surface area (Å²) in [5.41, 5.74) is 3.64. The first-order chi connectivity index (χ1) is 11.6. The SMILES string of the molecule is O=C(O)C1CCN(c2ccc(Cl)c(-c3nc4ccccc4[nH]3)c2)C1. The summed E-state index contributed by atoms with van der Waals surface area (Å²) in [4.78, 5) is 21.1. The molecule has 4 rings (SSSR count). The molecule has 1 atom stereocenters. The van der Waals surface area contributed by atoms with Gasteiger partial charge in [-0.05, 0) is 36.8 Å². The number of halogens is 1. The quantitative estimate of drug-likeness (QED) is 0.760. The van der Waals surface area contributed by atoms with Crippen molar-refractivity contribution in [1.29, 1.82) is 0 Å². The lowest BCUT2D eigenvalue weighted by Crippen LogP contribution is -2.22. The molecule has 1 fully saturated rings. The molecule has 122 valence electrons. The van der Waals surface area contributed by atoms with Gasteiger partial charge in [-0.1, -0.05) is 23.7 Å². The molecule has 2 heterocycles. The summed E-state index contributed by atoms with van der Waals surface area (Å²) in [6.45, 7) is 1.26. The van der Waals surface area contributed by atoms with Gasteiger partial charge in [0, 0.05) is 24.3 Å². The molecule has 2 aromatic carbocycles. The van der Waals surface area contributed by atoms with Crippen molar-refractivity contribution < 1.29 is 9.90 Å². The second-order valence-electron chi connectivity index (χ2n) is 6.04. The Labute approximate surface area is 143 Å². The Hall–Kier alpha value is -2.53. The number of aromatic amines is 1. The van der Waals surface area contributed by atoms with E-state index < -0.39 is 5.97 Å². The van der Waals surface area contributed by atoms with Gasteiger partial charge in [0.05, 0.1) is 22.0 Å². The van der Waals surface area contributed by atoms with Crippen LogP contribution in [0.2, 0.25) is 5.02 Å². The van der Waals surface area contributed by atoms with Crippen LogP contribution in [0.1, 0.15) is 6.42 Å². The highest BCUT2D eigenvalue weighted by molar-refractivity contribution is 6.33. The molecule has 6 heteroatoms. The molecule has 0 aliphatic carbocycles. The molecule has 1 unspecified atom stereocenters. The number of H-pyrrole nitrogens is 1. The number of rotatable bonds is 3. The van der Waals surface area contributed by atoms with Crippen molar-refractivity contribution in [2.75, 3.05) is 18.0 Å². The van der Waals surface area contributed by atoms with Crippen LogP contribution in [0.25, 0.3) is 22.4 Å². The van der Waals surface area contributed by atoms with Crippen molar-refractivity contribution in [3.8, 4) is 11.4 Å². The minimum absolute atomic E-state index is 0.310. The largest absolute Gasteiger partial charge is 0.481 e. The van der Waals surface area contributed by atoms with E-state index >= 15 is 0 Å². The molecule has 24 heavy (non-hydrogen) atoms. The lowest BCUT2D eigenvalue weighted by atomic mass is 10.1. The van der Waals surface area contributed by atoms with Crippen LogP contribution in [-0.4, -0.2) is 34.1 Å². The molecular weight excluding hydrogens is 326 g/mol. The van der Waals surface area contributed by atoms with Gasteiger partial charge in [0.1, 0.15) is 5.82 Å². The minimum Gasteiger partial charge on any atom is -0.481 e. The number of aromatic nitrogens is 2. The van der Waals surface area contributed by atoms with Crippen LogP contribution in [-0.2, 0) is 4.79 Å². The number of carboxylic acid groups (broad SMARTS) is 1. The predicted molar refractivity (Wildman–Crippen MR) is 94.5 cm³/mol. The fourth-order valence-electron chi connectivity index (χ4n) is 3.17. The van der Waals surface area contributed by atoms with Crippen molar-refractivity contribution in [3.63, 3.8) is 0 Å². The Bertz CT molecular complexity index is 889. The Morgan fingerprint density at radius 3 is 2.88 bits per heavy atom. The first-order valence-corrected chi connectivity index (χ1v) is 8.22. The molecule has 3 aromatic rings. The lowest BCUT2D eigenvalue weighted by molar-refractivity contribution is -0.140. The van der Waals surface area contributed by atoms with Crippen LogP contribution in [0.15, 0.2) is 42.5 Å². The second kappa shape index (κ2) is 5.83. The fraction of sp³-hybridized carbons (Fsp3) is 0.222. The van der Waals surface area contributed by atoms with Crippen molar-refractivity contribution in [1.82, 2.24) is 9.97 Å². The van der Waals surface area contributed by atoms with E-state index in [1.807, 2.05) is 42.5 Å². The molecule has 1 aromatic heterocycles. The molecule has 1 saturated heterocycles. The van der Waals surface area contributed by atoms with E-state index in [2.05, 4.69) is 14.9 Å². The monoisotopic (exact) mass is 341 g/mol. The fourth-order valence-corrected chi connectivity index (χ4v) is 3.38. The van der Waals surface area contributed by atoms with E-state index in [9.17, 15) is 9.90 Å². The van der Waals surface area contributed by atoms with Crippen LogP contribution in [0.5, 0.6) is 0 Å². The lowest BCUT2D eigenvalue weighted by Gasteiger charge is -2.19. The first-order valence-electron chi connectivity index (χ1n) is 7.84. The van der Waals surface area contributed by atoms with Gasteiger partial charge in [-0.3, -0.25) is 4.79 Å². The predicted octanol–water partition coefficient (Wildman–Crippen LogP) is 3.79. The first kappa shape index (κ1) is 15.0. The van der Waals surface area contributed by atoms with E-state index in [4.69, 9.17) is 11.6 Å². The van der Waals surface area contributed by atoms with Crippen LogP contribution in [0.3, 0.4) is 0 Å².